The van der Waals surface area contributed by atoms with Crippen LogP contribution in [0.4, 0.5) is 0 Å². The van der Waals surface area contributed by atoms with Gasteiger partial charge in [-0.3, -0.25) is 9.98 Å². The van der Waals surface area contributed by atoms with Crippen molar-refractivity contribution in [2.24, 2.45) is 4.99 Å². The van der Waals surface area contributed by atoms with E-state index >= 15 is 0 Å². The van der Waals surface area contributed by atoms with E-state index in [2.05, 4.69) is 45.0 Å². The Labute approximate surface area is 203 Å². The van der Waals surface area contributed by atoms with Crippen LogP contribution >= 0.6 is 15.9 Å². The molecule has 5 nitrogen and oxygen atoms in total. The van der Waals surface area contributed by atoms with Gasteiger partial charge in [0.25, 0.3) is 0 Å². The first-order chi connectivity index (χ1) is 16.2. The van der Waals surface area contributed by atoms with Crippen LogP contribution in [0.2, 0.25) is 0 Å². The molecule has 4 rings (SSSR count). The first kappa shape index (κ1) is 23.2. The highest BCUT2D eigenvalue weighted by atomic mass is 79.9. The molecule has 0 saturated carbocycles. The molecule has 0 aliphatic carbocycles. The molecule has 6 heteroatoms. The van der Waals surface area contributed by atoms with Crippen molar-refractivity contribution in [3.05, 3.63) is 94.2 Å². The largest absolute Gasteiger partial charge is 0.497 e. The standard InChI is InChI=1S/C27H28BrN3O2/c1-31-24(19-33-18-20-8-10-25(32-2)11-9-20)7-4-14-30-26(22-5-3-6-23(28)17-22)27(31)21-12-15-29-16-13-21/h3,5-6,8-17,24H,4,7,18-19H2,1-2H3/b27-26-,30-14?/t24-/m0/s1. The van der Waals surface area contributed by atoms with Crippen LogP contribution in [0.15, 0.2) is 82.5 Å². The minimum absolute atomic E-state index is 0.209. The van der Waals surface area contributed by atoms with Gasteiger partial charge < -0.3 is 14.4 Å². The first-order valence-electron chi connectivity index (χ1n) is 11.0. The third-order valence-electron chi connectivity index (χ3n) is 5.76. The second-order valence-electron chi connectivity index (χ2n) is 7.96. The average molecular weight is 506 g/mol. The van der Waals surface area contributed by atoms with Crippen LogP contribution in [0, 0.1) is 0 Å². The summed E-state index contributed by atoms with van der Waals surface area (Å²) < 4.78 is 12.4. The van der Waals surface area contributed by atoms with E-state index < -0.39 is 0 Å². The van der Waals surface area contributed by atoms with Crippen molar-refractivity contribution in [2.75, 3.05) is 20.8 Å². The van der Waals surface area contributed by atoms with Gasteiger partial charge in [0, 0.05) is 41.3 Å². The van der Waals surface area contributed by atoms with E-state index in [1.807, 2.05) is 67.1 Å². The van der Waals surface area contributed by atoms with E-state index in [4.69, 9.17) is 14.5 Å². The van der Waals surface area contributed by atoms with Crippen molar-refractivity contribution in [3.8, 4) is 5.75 Å². The first-order valence-corrected chi connectivity index (χ1v) is 11.8. The van der Waals surface area contributed by atoms with Crippen molar-refractivity contribution in [1.82, 2.24) is 9.88 Å². The van der Waals surface area contributed by atoms with Crippen LogP contribution in [0.5, 0.6) is 5.75 Å². The van der Waals surface area contributed by atoms with Crippen molar-refractivity contribution < 1.29 is 9.47 Å². The molecule has 1 aliphatic heterocycles. The van der Waals surface area contributed by atoms with Gasteiger partial charge in [-0.15, -0.1) is 0 Å². The number of hydrogen-bond acceptors (Lipinski definition) is 5. The molecule has 0 N–H and O–H groups in total. The van der Waals surface area contributed by atoms with Crippen LogP contribution < -0.4 is 4.74 Å². The fourth-order valence-corrected chi connectivity index (χ4v) is 4.35. The zero-order valence-electron chi connectivity index (χ0n) is 18.9. The lowest BCUT2D eigenvalue weighted by Gasteiger charge is -2.34. The number of hydrogen-bond donors (Lipinski definition) is 0. The molecule has 0 bridgehead atoms. The van der Waals surface area contributed by atoms with Gasteiger partial charge in [0.1, 0.15) is 5.75 Å². The summed E-state index contributed by atoms with van der Waals surface area (Å²) in [6.07, 6.45) is 7.53. The van der Waals surface area contributed by atoms with E-state index in [0.29, 0.717) is 13.2 Å². The van der Waals surface area contributed by atoms with Gasteiger partial charge >= 0.3 is 0 Å². The number of rotatable bonds is 7. The van der Waals surface area contributed by atoms with Gasteiger partial charge in [-0.25, -0.2) is 0 Å². The predicted octanol–water partition coefficient (Wildman–Crippen LogP) is 6.06. The summed E-state index contributed by atoms with van der Waals surface area (Å²) in [6, 6.07) is 20.6. The molecule has 1 atom stereocenters. The Morgan fingerprint density at radius 3 is 2.55 bits per heavy atom. The maximum absolute atomic E-state index is 6.17. The molecule has 0 fully saturated rings. The zero-order chi connectivity index (χ0) is 23.0. The fourth-order valence-electron chi connectivity index (χ4n) is 3.95. The van der Waals surface area contributed by atoms with Gasteiger partial charge in [-0.2, -0.15) is 0 Å². The minimum Gasteiger partial charge on any atom is -0.497 e. The Morgan fingerprint density at radius 1 is 1.03 bits per heavy atom. The van der Waals surface area contributed by atoms with Gasteiger partial charge in [0.15, 0.2) is 0 Å². The van der Waals surface area contributed by atoms with Crippen molar-refractivity contribution in [3.63, 3.8) is 0 Å². The molecule has 33 heavy (non-hydrogen) atoms. The second-order valence-corrected chi connectivity index (χ2v) is 8.88. The topological polar surface area (TPSA) is 47.0 Å². The molecular weight excluding hydrogens is 478 g/mol. The second kappa shape index (κ2) is 11.3. The van der Waals surface area contributed by atoms with Gasteiger partial charge in [-0.05, 0) is 54.8 Å². The fraction of sp³-hybridized carbons (Fsp3) is 0.259. The van der Waals surface area contributed by atoms with Crippen LogP contribution in [-0.4, -0.2) is 42.9 Å². The lowest BCUT2D eigenvalue weighted by molar-refractivity contribution is 0.0748. The highest BCUT2D eigenvalue weighted by molar-refractivity contribution is 9.10. The van der Waals surface area contributed by atoms with Crippen LogP contribution in [0.25, 0.3) is 11.4 Å². The summed E-state index contributed by atoms with van der Waals surface area (Å²) >= 11 is 3.61. The number of pyridine rings is 1. The minimum atomic E-state index is 0.209. The number of nitrogens with zero attached hydrogens (tertiary/aromatic N) is 3. The number of likely N-dealkylation sites (N-methyl/N-ethyl adjacent to an activating group) is 1. The SMILES string of the molecule is COc1ccc(COC[C@@H]2CCC=N/C(c3cccc(Br)c3)=C(/c3ccncc3)N2C)cc1. The van der Waals surface area contributed by atoms with Gasteiger partial charge in [0.2, 0.25) is 0 Å². The molecular formula is C27H28BrN3O2. The van der Waals surface area contributed by atoms with Crippen LogP contribution in [-0.2, 0) is 11.3 Å². The number of methoxy groups -OCH3 is 1. The van der Waals surface area contributed by atoms with E-state index in [1.54, 1.807) is 7.11 Å². The smallest absolute Gasteiger partial charge is 0.118 e. The Balaban J connectivity index is 1.61. The van der Waals surface area contributed by atoms with Crippen molar-refractivity contribution >= 4 is 33.5 Å². The normalized spacial score (nSPS) is 18.6. The summed E-state index contributed by atoms with van der Waals surface area (Å²) in [7, 11) is 3.81. The molecule has 1 aliphatic rings. The number of ether oxygens (including phenoxy) is 2. The Bertz CT molecular complexity index is 1110. The highest BCUT2D eigenvalue weighted by Crippen LogP contribution is 2.33. The summed E-state index contributed by atoms with van der Waals surface area (Å²) in [4.78, 5) is 11.4. The summed E-state index contributed by atoms with van der Waals surface area (Å²) in [6.45, 7) is 1.19. The van der Waals surface area contributed by atoms with Crippen molar-refractivity contribution in [2.45, 2.75) is 25.5 Å². The summed E-state index contributed by atoms with van der Waals surface area (Å²) in [5, 5.41) is 0. The monoisotopic (exact) mass is 505 g/mol. The van der Waals surface area contributed by atoms with E-state index in [9.17, 15) is 0 Å². The van der Waals surface area contributed by atoms with Gasteiger partial charge in [0.05, 0.1) is 37.8 Å². The number of aliphatic imine (C=N–C) groups is 1. The summed E-state index contributed by atoms with van der Waals surface area (Å²) in [5.41, 5.74) is 5.31. The molecule has 2 heterocycles. The lowest BCUT2D eigenvalue weighted by Crippen LogP contribution is -2.35. The Morgan fingerprint density at radius 2 is 1.82 bits per heavy atom. The van der Waals surface area contributed by atoms with Gasteiger partial charge in [-0.1, -0.05) is 40.2 Å². The molecule has 0 unspecified atom stereocenters. The van der Waals surface area contributed by atoms with E-state index in [0.717, 1.165) is 51.1 Å². The third kappa shape index (κ3) is 5.89. The van der Waals surface area contributed by atoms with Crippen LogP contribution in [0.3, 0.4) is 0 Å². The molecule has 3 aromatic rings. The maximum Gasteiger partial charge on any atom is 0.118 e. The van der Waals surface area contributed by atoms with Crippen LogP contribution in [0.1, 0.15) is 29.5 Å². The Hall–Kier alpha value is -2.96. The Kier molecular flexibility index (Phi) is 7.92. The lowest BCUT2D eigenvalue weighted by atomic mass is 10.0. The molecule has 2 aromatic carbocycles. The number of halogens is 1. The van der Waals surface area contributed by atoms with E-state index in [1.165, 1.54) is 0 Å². The molecule has 0 saturated heterocycles. The summed E-state index contributed by atoms with van der Waals surface area (Å²) in [5.74, 6) is 0.852. The average Bonchev–Trinajstić information content (AvgIpc) is 2.84. The maximum atomic E-state index is 6.17. The predicted molar refractivity (Wildman–Crippen MR) is 137 cm³/mol. The van der Waals surface area contributed by atoms with Crippen molar-refractivity contribution in [1.29, 1.82) is 0 Å². The number of benzene rings is 2. The molecule has 1 aromatic heterocycles. The highest BCUT2D eigenvalue weighted by Gasteiger charge is 2.24. The quantitative estimate of drug-likeness (QED) is 0.391. The third-order valence-corrected chi connectivity index (χ3v) is 6.26. The number of aromatic nitrogens is 1. The molecule has 0 spiro atoms. The van der Waals surface area contributed by atoms with E-state index in [-0.39, 0.29) is 6.04 Å². The molecule has 0 amide bonds. The molecule has 0 radical (unpaired) electrons. The zero-order valence-corrected chi connectivity index (χ0v) is 20.5. The molecule has 170 valence electrons.